The zero-order valence-electron chi connectivity index (χ0n) is 15.9. The monoisotopic (exact) mass is 387 g/mol. The van der Waals surface area contributed by atoms with Crippen molar-refractivity contribution in [1.29, 1.82) is 0 Å². The third kappa shape index (κ3) is 5.60. The number of nitrogens with one attached hydrogen (secondary N) is 1. The van der Waals surface area contributed by atoms with Crippen LogP contribution in [0.15, 0.2) is 53.1 Å². The number of alkyl halides is 2. The van der Waals surface area contributed by atoms with Crippen LogP contribution in [0.4, 0.5) is 8.78 Å². The molecule has 2 aromatic carbocycles. The number of rotatable bonds is 9. The van der Waals surface area contributed by atoms with Crippen LogP contribution < -0.4 is 10.1 Å². The van der Waals surface area contributed by atoms with Gasteiger partial charge in [0.1, 0.15) is 5.75 Å². The summed E-state index contributed by atoms with van der Waals surface area (Å²) >= 11 is 0. The number of aromatic nitrogens is 2. The Morgan fingerprint density at radius 1 is 1.11 bits per heavy atom. The zero-order chi connectivity index (χ0) is 19.9. The molecule has 0 amide bonds. The minimum atomic E-state index is -2.80. The van der Waals surface area contributed by atoms with Crippen LogP contribution in [-0.2, 0) is 13.0 Å². The van der Waals surface area contributed by atoms with Gasteiger partial charge in [-0.2, -0.15) is 13.8 Å². The number of aryl methyl sites for hydroxylation is 2. The van der Waals surface area contributed by atoms with Crippen molar-refractivity contribution in [3.63, 3.8) is 0 Å². The lowest BCUT2D eigenvalue weighted by atomic mass is 10.1. The molecule has 0 saturated heterocycles. The highest BCUT2D eigenvalue weighted by molar-refractivity contribution is 5.57. The summed E-state index contributed by atoms with van der Waals surface area (Å²) < 4.78 is 34.1. The van der Waals surface area contributed by atoms with Gasteiger partial charge in [0.25, 0.3) is 5.89 Å². The Balaban J connectivity index is 1.46. The quantitative estimate of drug-likeness (QED) is 0.574. The second-order valence-corrected chi connectivity index (χ2v) is 6.67. The molecule has 0 bridgehead atoms. The Kier molecular flexibility index (Phi) is 6.71. The van der Waals surface area contributed by atoms with Crippen molar-refractivity contribution in [2.75, 3.05) is 0 Å². The maximum Gasteiger partial charge on any atom is 0.387 e. The van der Waals surface area contributed by atoms with E-state index in [1.165, 1.54) is 0 Å². The fraction of sp³-hybridized carbons (Fsp3) is 0.333. The van der Waals surface area contributed by atoms with Crippen molar-refractivity contribution >= 4 is 0 Å². The van der Waals surface area contributed by atoms with Gasteiger partial charge in [0.15, 0.2) is 5.82 Å². The SMILES string of the molecule is Cc1ccccc1-c1nc(CNC(C)CCc2ccc(OC(F)F)cc2)no1. The molecule has 148 valence electrons. The summed E-state index contributed by atoms with van der Waals surface area (Å²) in [6.07, 6.45) is 1.71. The van der Waals surface area contributed by atoms with Gasteiger partial charge in [-0.3, -0.25) is 0 Å². The first kappa shape index (κ1) is 19.9. The van der Waals surface area contributed by atoms with Crippen LogP contribution in [-0.4, -0.2) is 22.8 Å². The summed E-state index contributed by atoms with van der Waals surface area (Å²) in [5.74, 6) is 1.30. The largest absolute Gasteiger partial charge is 0.435 e. The van der Waals surface area contributed by atoms with Gasteiger partial charge in [-0.05, 0) is 56.0 Å². The van der Waals surface area contributed by atoms with Gasteiger partial charge in [-0.1, -0.05) is 35.5 Å². The van der Waals surface area contributed by atoms with E-state index in [0.29, 0.717) is 18.3 Å². The van der Waals surface area contributed by atoms with E-state index < -0.39 is 6.61 Å². The minimum absolute atomic E-state index is 0.173. The topological polar surface area (TPSA) is 60.2 Å². The van der Waals surface area contributed by atoms with Crippen LogP contribution in [0.2, 0.25) is 0 Å². The van der Waals surface area contributed by atoms with Gasteiger partial charge in [0, 0.05) is 11.6 Å². The lowest BCUT2D eigenvalue weighted by Crippen LogP contribution is -2.26. The number of hydrogen-bond donors (Lipinski definition) is 1. The molecule has 0 saturated carbocycles. The Morgan fingerprint density at radius 2 is 1.86 bits per heavy atom. The molecule has 0 spiro atoms. The van der Waals surface area contributed by atoms with E-state index in [0.717, 1.165) is 29.5 Å². The van der Waals surface area contributed by atoms with Crippen molar-refractivity contribution < 1.29 is 18.0 Å². The summed E-state index contributed by atoms with van der Waals surface area (Å²) in [6.45, 7) is 1.80. The summed E-state index contributed by atoms with van der Waals surface area (Å²) in [5.41, 5.74) is 3.09. The van der Waals surface area contributed by atoms with E-state index in [9.17, 15) is 8.78 Å². The lowest BCUT2D eigenvalue weighted by Gasteiger charge is -2.12. The molecule has 0 fully saturated rings. The van der Waals surface area contributed by atoms with E-state index in [4.69, 9.17) is 4.52 Å². The average molecular weight is 387 g/mol. The maximum atomic E-state index is 12.2. The Morgan fingerprint density at radius 3 is 2.57 bits per heavy atom. The first-order valence-electron chi connectivity index (χ1n) is 9.17. The van der Waals surface area contributed by atoms with E-state index in [1.54, 1.807) is 24.3 Å². The lowest BCUT2D eigenvalue weighted by molar-refractivity contribution is -0.0498. The molecule has 7 heteroatoms. The molecule has 5 nitrogen and oxygen atoms in total. The van der Waals surface area contributed by atoms with Crippen LogP contribution in [0.5, 0.6) is 5.75 Å². The Hall–Kier alpha value is -2.80. The molecule has 3 aromatic rings. The molecule has 0 aliphatic carbocycles. The van der Waals surface area contributed by atoms with Gasteiger partial charge in [-0.25, -0.2) is 0 Å². The van der Waals surface area contributed by atoms with Crippen LogP contribution in [0.25, 0.3) is 11.5 Å². The van der Waals surface area contributed by atoms with E-state index in [2.05, 4.69) is 27.1 Å². The van der Waals surface area contributed by atoms with Crippen molar-refractivity contribution in [2.24, 2.45) is 0 Å². The second kappa shape index (κ2) is 9.41. The van der Waals surface area contributed by atoms with E-state index in [1.807, 2.05) is 31.2 Å². The minimum Gasteiger partial charge on any atom is -0.435 e. The van der Waals surface area contributed by atoms with Crippen LogP contribution in [0.1, 0.15) is 30.3 Å². The summed E-state index contributed by atoms with van der Waals surface area (Å²) in [5, 5.41) is 7.41. The fourth-order valence-corrected chi connectivity index (χ4v) is 2.84. The normalized spacial score (nSPS) is 12.3. The van der Waals surface area contributed by atoms with Crippen molar-refractivity contribution in [1.82, 2.24) is 15.5 Å². The number of benzene rings is 2. The summed E-state index contributed by atoms with van der Waals surface area (Å²) in [6, 6.07) is 14.8. The molecule has 0 aliphatic heterocycles. The molecular weight excluding hydrogens is 364 g/mol. The van der Waals surface area contributed by atoms with Gasteiger partial charge < -0.3 is 14.6 Å². The van der Waals surface area contributed by atoms with Gasteiger partial charge in [0.05, 0.1) is 6.54 Å². The third-order valence-corrected chi connectivity index (χ3v) is 4.47. The molecule has 1 atom stereocenters. The fourth-order valence-electron chi connectivity index (χ4n) is 2.84. The second-order valence-electron chi connectivity index (χ2n) is 6.67. The molecule has 1 unspecified atom stereocenters. The predicted molar refractivity (Wildman–Crippen MR) is 102 cm³/mol. The average Bonchev–Trinajstić information content (AvgIpc) is 3.14. The molecule has 1 aromatic heterocycles. The Labute approximate surface area is 162 Å². The maximum absolute atomic E-state index is 12.2. The number of ether oxygens (including phenoxy) is 1. The first-order valence-corrected chi connectivity index (χ1v) is 9.17. The van der Waals surface area contributed by atoms with Crippen LogP contribution in [0.3, 0.4) is 0 Å². The summed E-state index contributed by atoms with van der Waals surface area (Å²) in [7, 11) is 0. The van der Waals surface area contributed by atoms with Crippen LogP contribution >= 0.6 is 0 Å². The highest BCUT2D eigenvalue weighted by Crippen LogP contribution is 2.21. The number of nitrogens with zero attached hydrogens (tertiary/aromatic N) is 2. The molecule has 1 heterocycles. The molecule has 28 heavy (non-hydrogen) atoms. The highest BCUT2D eigenvalue weighted by Gasteiger charge is 2.12. The third-order valence-electron chi connectivity index (χ3n) is 4.47. The summed E-state index contributed by atoms with van der Waals surface area (Å²) in [4.78, 5) is 4.45. The Bertz CT molecular complexity index is 881. The molecule has 3 rings (SSSR count). The predicted octanol–water partition coefficient (Wildman–Crippen LogP) is 4.76. The van der Waals surface area contributed by atoms with Gasteiger partial charge in [-0.15, -0.1) is 0 Å². The number of halogens is 2. The van der Waals surface area contributed by atoms with E-state index >= 15 is 0 Å². The van der Waals surface area contributed by atoms with Crippen LogP contribution in [0, 0.1) is 6.92 Å². The molecule has 1 N–H and O–H groups in total. The van der Waals surface area contributed by atoms with Gasteiger partial charge in [0.2, 0.25) is 0 Å². The van der Waals surface area contributed by atoms with Crippen molar-refractivity contribution in [2.45, 2.75) is 45.9 Å². The molecule has 0 radical (unpaired) electrons. The van der Waals surface area contributed by atoms with E-state index in [-0.39, 0.29) is 11.8 Å². The zero-order valence-corrected chi connectivity index (χ0v) is 15.9. The smallest absolute Gasteiger partial charge is 0.387 e. The molecular formula is C21H23F2N3O2. The number of hydrogen-bond acceptors (Lipinski definition) is 5. The van der Waals surface area contributed by atoms with Gasteiger partial charge >= 0.3 is 6.61 Å². The van der Waals surface area contributed by atoms with Crippen molar-refractivity contribution in [3.8, 4) is 17.2 Å². The first-order chi connectivity index (χ1) is 13.5. The molecule has 0 aliphatic rings. The van der Waals surface area contributed by atoms with Crippen molar-refractivity contribution in [3.05, 3.63) is 65.5 Å². The highest BCUT2D eigenvalue weighted by atomic mass is 19.3. The standard InChI is InChI=1S/C21H23F2N3O2/c1-14-5-3-4-6-18(14)20-25-19(26-28-20)13-24-15(2)7-8-16-9-11-17(12-10-16)27-21(22)23/h3-6,9-12,15,21,24H,7-8,13H2,1-2H3.